The molecule has 2 saturated heterocycles. The van der Waals surface area contributed by atoms with Crippen LogP contribution in [-0.2, 0) is 4.79 Å². The smallest absolute Gasteiger partial charge is 0.222 e. The Morgan fingerprint density at radius 3 is 2.16 bits per heavy atom. The lowest BCUT2D eigenvalue weighted by atomic mass is 10.0. The van der Waals surface area contributed by atoms with E-state index < -0.39 is 0 Å². The summed E-state index contributed by atoms with van der Waals surface area (Å²) >= 11 is 0. The lowest BCUT2D eigenvalue weighted by Gasteiger charge is -2.39. The number of carbonyl (C=O) groups excluding carboxylic acids is 1. The summed E-state index contributed by atoms with van der Waals surface area (Å²) in [7, 11) is 0. The van der Waals surface area contributed by atoms with E-state index >= 15 is 0 Å². The first-order chi connectivity index (χ1) is 9.18. The largest absolute Gasteiger partial charge is 0.338 e. The van der Waals surface area contributed by atoms with Gasteiger partial charge in [-0.2, -0.15) is 0 Å². The van der Waals surface area contributed by atoms with Crippen LogP contribution < -0.4 is 0 Å². The highest BCUT2D eigenvalue weighted by molar-refractivity contribution is 5.78. The number of piperidine rings is 1. The Kier molecular flexibility index (Phi) is 9.94. The quantitative estimate of drug-likeness (QED) is 0.766. The molecule has 0 spiro atoms. The zero-order chi connectivity index (χ0) is 14.8. The van der Waals surface area contributed by atoms with Gasteiger partial charge in [0.25, 0.3) is 0 Å². The molecule has 2 fully saturated rings. The summed E-state index contributed by atoms with van der Waals surface area (Å²) in [6.07, 6.45) is 4.29. The summed E-state index contributed by atoms with van der Waals surface area (Å²) in [4.78, 5) is 16.3. The van der Waals surface area contributed by atoms with Crippen LogP contribution in [0.3, 0.4) is 0 Å². The summed E-state index contributed by atoms with van der Waals surface area (Å²) in [5, 5.41) is 0. The summed E-state index contributed by atoms with van der Waals surface area (Å²) in [6.45, 7) is 15.8. The number of hydrogen-bond donors (Lipinski definition) is 0. The number of likely N-dealkylation sites (tertiary alicyclic amines) is 2. The van der Waals surface area contributed by atoms with Gasteiger partial charge in [-0.1, -0.05) is 27.7 Å². The highest BCUT2D eigenvalue weighted by Crippen LogP contribution is 2.22. The van der Waals surface area contributed by atoms with Crippen molar-refractivity contribution < 1.29 is 4.79 Å². The predicted molar refractivity (Wildman–Crippen MR) is 83.4 cm³/mol. The second kappa shape index (κ2) is 10.2. The van der Waals surface area contributed by atoms with E-state index in [1.165, 1.54) is 19.4 Å². The van der Waals surface area contributed by atoms with Crippen LogP contribution in [0.2, 0.25) is 0 Å². The van der Waals surface area contributed by atoms with Gasteiger partial charge in [0, 0.05) is 31.6 Å². The average Bonchev–Trinajstić information content (AvgIpc) is 2.89. The van der Waals surface area contributed by atoms with Crippen molar-refractivity contribution >= 4 is 5.91 Å². The molecule has 2 rings (SSSR count). The minimum absolute atomic E-state index is 0.380. The minimum Gasteiger partial charge on any atom is -0.338 e. The fourth-order valence-corrected chi connectivity index (χ4v) is 2.76. The minimum atomic E-state index is 0.380. The van der Waals surface area contributed by atoms with Crippen molar-refractivity contribution in [1.82, 2.24) is 9.80 Å². The fraction of sp³-hybridized carbons (Fsp3) is 0.938. The Balaban J connectivity index is 0.000000741. The maximum absolute atomic E-state index is 11.7. The molecule has 19 heavy (non-hydrogen) atoms. The van der Waals surface area contributed by atoms with Crippen LogP contribution >= 0.6 is 0 Å². The van der Waals surface area contributed by atoms with Crippen LogP contribution in [0.5, 0.6) is 0 Å². The molecule has 3 heteroatoms. The standard InChI is InChI=1S/C12H22N2O.2C2H6/c1-10(2)13-7-3-5-11(9-13)14-8-4-6-12(14)15;2*1-2/h10-11H,3-9H2,1-2H3;2*1-2H3. The molecule has 1 unspecified atom stereocenters. The summed E-state index contributed by atoms with van der Waals surface area (Å²) in [6, 6.07) is 1.11. The van der Waals surface area contributed by atoms with Gasteiger partial charge < -0.3 is 4.90 Å². The molecule has 2 aliphatic rings. The lowest BCUT2D eigenvalue weighted by molar-refractivity contribution is -0.130. The lowest BCUT2D eigenvalue weighted by Crippen LogP contribution is -2.50. The Morgan fingerprint density at radius 2 is 1.68 bits per heavy atom. The van der Waals surface area contributed by atoms with Gasteiger partial charge in [-0.05, 0) is 39.7 Å². The summed E-state index contributed by atoms with van der Waals surface area (Å²) in [5.74, 6) is 0.380. The molecule has 1 amide bonds. The Hall–Kier alpha value is -0.570. The first-order valence-corrected chi connectivity index (χ1v) is 8.22. The van der Waals surface area contributed by atoms with Gasteiger partial charge in [0.2, 0.25) is 5.91 Å². The third-order valence-corrected chi connectivity index (χ3v) is 3.71. The van der Waals surface area contributed by atoms with Gasteiger partial charge in [-0.15, -0.1) is 0 Å². The number of amides is 1. The van der Waals surface area contributed by atoms with E-state index in [1.807, 2.05) is 27.7 Å². The molecule has 0 bridgehead atoms. The third-order valence-electron chi connectivity index (χ3n) is 3.71. The molecule has 0 N–H and O–H groups in total. The Bertz CT molecular complexity index is 241. The van der Waals surface area contributed by atoms with Crippen molar-refractivity contribution in [3.8, 4) is 0 Å². The van der Waals surface area contributed by atoms with E-state index in [0.29, 0.717) is 18.0 Å². The zero-order valence-corrected chi connectivity index (χ0v) is 13.9. The van der Waals surface area contributed by atoms with Crippen molar-refractivity contribution in [1.29, 1.82) is 0 Å². The second-order valence-corrected chi connectivity index (χ2v) is 5.08. The monoisotopic (exact) mass is 270 g/mol. The van der Waals surface area contributed by atoms with Crippen LogP contribution in [0.4, 0.5) is 0 Å². The second-order valence-electron chi connectivity index (χ2n) is 5.08. The van der Waals surface area contributed by atoms with Gasteiger partial charge in [0.05, 0.1) is 0 Å². The van der Waals surface area contributed by atoms with E-state index in [0.717, 1.165) is 25.9 Å². The Morgan fingerprint density at radius 1 is 1.05 bits per heavy atom. The SMILES string of the molecule is CC.CC.CC(C)N1CCCC(N2CCCC2=O)C1. The topological polar surface area (TPSA) is 23.6 Å². The van der Waals surface area contributed by atoms with E-state index in [9.17, 15) is 4.79 Å². The van der Waals surface area contributed by atoms with E-state index in [1.54, 1.807) is 0 Å². The van der Waals surface area contributed by atoms with Crippen LogP contribution in [0, 0.1) is 0 Å². The molecule has 1 atom stereocenters. The normalized spacial score (nSPS) is 23.6. The molecule has 2 aliphatic heterocycles. The molecule has 0 aromatic carbocycles. The number of hydrogen-bond acceptors (Lipinski definition) is 2. The third kappa shape index (κ3) is 5.52. The first kappa shape index (κ1) is 18.4. The average molecular weight is 270 g/mol. The highest BCUT2D eigenvalue weighted by Gasteiger charge is 2.31. The number of carbonyl (C=O) groups is 1. The van der Waals surface area contributed by atoms with E-state index in [-0.39, 0.29) is 0 Å². The molecule has 2 heterocycles. The zero-order valence-electron chi connectivity index (χ0n) is 13.9. The predicted octanol–water partition coefficient (Wildman–Crippen LogP) is 3.53. The molecular weight excluding hydrogens is 236 g/mol. The van der Waals surface area contributed by atoms with Gasteiger partial charge in [-0.3, -0.25) is 9.69 Å². The summed E-state index contributed by atoms with van der Waals surface area (Å²) < 4.78 is 0. The van der Waals surface area contributed by atoms with Crippen molar-refractivity contribution in [2.75, 3.05) is 19.6 Å². The molecule has 0 saturated carbocycles. The van der Waals surface area contributed by atoms with Crippen molar-refractivity contribution in [2.24, 2.45) is 0 Å². The van der Waals surface area contributed by atoms with Gasteiger partial charge in [0.15, 0.2) is 0 Å². The van der Waals surface area contributed by atoms with E-state index in [2.05, 4.69) is 23.6 Å². The van der Waals surface area contributed by atoms with Crippen molar-refractivity contribution in [3.63, 3.8) is 0 Å². The molecular formula is C16H34N2O. The van der Waals surface area contributed by atoms with Crippen LogP contribution in [0.25, 0.3) is 0 Å². The molecule has 0 aromatic rings. The van der Waals surface area contributed by atoms with Crippen LogP contribution in [0.15, 0.2) is 0 Å². The molecule has 0 aromatic heterocycles. The molecule has 0 radical (unpaired) electrons. The van der Waals surface area contributed by atoms with Crippen molar-refractivity contribution in [2.45, 2.75) is 79.3 Å². The summed E-state index contributed by atoms with van der Waals surface area (Å²) in [5.41, 5.74) is 0. The maximum Gasteiger partial charge on any atom is 0.222 e. The maximum atomic E-state index is 11.7. The van der Waals surface area contributed by atoms with Gasteiger partial charge in [-0.25, -0.2) is 0 Å². The Labute approximate surface area is 120 Å². The fourth-order valence-electron chi connectivity index (χ4n) is 2.76. The van der Waals surface area contributed by atoms with Gasteiger partial charge >= 0.3 is 0 Å². The van der Waals surface area contributed by atoms with Crippen LogP contribution in [0.1, 0.15) is 67.2 Å². The molecule has 3 nitrogen and oxygen atoms in total. The number of rotatable bonds is 2. The highest BCUT2D eigenvalue weighted by atomic mass is 16.2. The molecule has 114 valence electrons. The van der Waals surface area contributed by atoms with Crippen LogP contribution in [-0.4, -0.2) is 47.4 Å². The van der Waals surface area contributed by atoms with E-state index in [4.69, 9.17) is 0 Å². The van der Waals surface area contributed by atoms with Crippen molar-refractivity contribution in [3.05, 3.63) is 0 Å². The molecule has 0 aliphatic carbocycles. The number of nitrogens with zero attached hydrogens (tertiary/aromatic N) is 2. The first-order valence-electron chi connectivity index (χ1n) is 8.22. The van der Waals surface area contributed by atoms with Gasteiger partial charge in [0.1, 0.15) is 0 Å².